The average Bonchev–Trinajstić information content (AvgIpc) is 3.12. The zero-order chi connectivity index (χ0) is 19.1. The van der Waals surface area contributed by atoms with E-state index in [-0.39, 0.29) is 5.82 Å². The second-order valence-corrected chi connectivity index (χ2v) is 17.8. The van der Waals surface area contributed by atoms with E-state index in [0.717, 1.165) is 41.5 Å². The molecule has 26 heavy (non-hydrogen) atoms. The maximum Gasteiger partial charge on any atom is 0.244 e. The van der Waals surface area contributed by atoms with E-state index in [2.05, 4.69) is 32.3 Å². The van der Waals surface area contributed by atoms with Crippen molar-refractivity contribution in [3.63, 3.8) is 0 Å². The van der Waals surface area contributed by atoms with Crippen LogP contribution in [0.2, 0.25) is 31.2 Å². The summed E-state index contributed by atoms with van der Waals surface area (Å²) < 4.78 is 21.3. The molecule has 0 aromatic heterocycles. The lowest BCUT2D eigenvalue weighted by molar-refractivity contribution is -0.122. The van der Waals surface area contributed by atoms with Gasteiger partial charge in [0.25, 0.3) is 0 Å². The second kappa shape index (κ2) is 5.17. The largest absolute Gasteiger partial charge is 0.454 e. The van der Waals surface area contributed by atoms with Gasteiger partial charge in [0.2, 0.25) is 5.91 Å². The van der Waals surface area contributed by atoms with Gasteiger partial charge in [-0.25, -0.2) is 4.39 Å². The lowest BCUT2D eigenvalue weighted by Crippen LogP contribution is -2.56. The SMILES string of the molecule is CC1=Cc2c(C34CCCC3(C([NH])=O)[Si](C)(C)O[Si]4(C)C)ccc(F)c2C1. The van der Waals surface area contributed by atoms with Gasteiger partial charge >= 0.3 is 0 Å². The molecule has 1 heterocycles. The summed E-state index contributed by atoms with van der Waals surface area (Å²) >= 11 is 0. The first kappa shape index (κ1) is 18.1. The highest BCUT2D eigenvalue weighted by Crippen LogP contribution is 2.73. The first-order valence-corrected chi connectivity index (χ1v) is 15.3. The molecule has 3 nitrogen and oxygen atoms in total. The van der Waals surface area contributed by atoms with Crippen LogP contribution in [0.3, 0.4) is 0 Å². The number of halogens is 1. The Balaban J connectivity index is 2.10. The van der Waals surface area contributed by atoms with Crippen molar-refractivity contribution in [2.24, 2.45) is 0 Å². The van der Waals surface area contributed by atoms with E-state index in [4.69, 9.17) is 9.85 Å². The number of fused-ring (bicyclic) bond motifs is 2. The fourth-order valence-corrected chi connectivity index (χ4v) is 20.5. The summed E-state index contributed by atoms with van der Waals surface area (Å²) in [7, 11) is -4.77. The van der Waals surface area contributed by atoms with Gasteiger partial charge in [0.1, 0.15) is 5.82 Å². The van der Waals surface area contributed by atoms with Crippen molar-refractivity contribution in [2.75, 3.05) is 0 Å². The molecule has 139 valence electrons. The molecule has 1 radical (unpaired) electrons. The van der Waals surface area contributed by atoms with Gasteiger partial charge in [-0.15, -0.1) is 0 Å². The fraction of sp³-hybridized carbons (Fsp3) is 0.550. The number of hydrogen-bond acceptors (Lipinski definition) is 2. The Morgan fingerprint density at radius 3 is 2.54 bits per heavy atom. The first-order chi connectivity index (χ1) is 12.0. The highest BCUT2D eigenvalue weighted by molar-refractivity contribution is 6.96. The van der Waals surface area contributed by atoms with Crippen molar-refractivity contribution < 1.29 is 13.3 Å². The van der Waals surface area contributed by atoms with E-state index < -0.39 is 32.6 Å². The Bertz CT molecular complexity index is 864. The van der Waals surface area contributed by atoms with E-state index in [1.165, 1.54) is 0 Å². The van der Waals surface area contributed by atoms with Crippen LogP contribution in [-0.2, 0) is 20.4 Å². The molecule has 6 heteroatoms. The first-order valence-electron chi connectivity index (χ1n) is 9.45. The minimum atomic E-state index is -2.43. The van der Waals surface area contributed by atoms with E-state index >= 15 is 0 Å². The number of nitrogens with one attached hydrogen (secondary N) is 1. The number of carbonyl (C=O) groups is 1. The maximum absolute atomic E-state index is 14.5. The third-order valence-corrected chi connectivity index (χ3v) is 17.7. The molecule has 3 aliphatic rings. The summed E-state index contributed by atoms with van der Waals surface area (Å²) in [4.78, 5) is 12.9. The zero-order valence-corrected chi connectivity index (χ0v) is 18.3. The van der Waals surface area contributed by atoms with Crippen molar-refractivity contribution in [2.45, 2.75) is 68.9 Å². The van der Waals surface area contributed by atoms with Crippen LogP contribution in [0, 0.1) is 5.82 Å². The summed E-state index contributed by atoms with van der Waals surface area (Å²) in [5.41, 5.74) is 12.3. The molecule has 1 N–H and O–H groups in total. The number of allylic oxidation sites excluding steroid dienone is 1. The van der Waals surface area contributed by atoms with Gasteiger partial charge in [0.05, 0.1) is 5.04 Å². The van der Waals surface area contributed by atoms with Crippen LogP contribution < -0.4 is 5.73 Å². The fourth-order valence-electron chi connectivity index (χ4n) is 6.69. The van der Waals surface area contributed by atoms with Crippen molar-refractivity contribution in [1.29, 1.82) is 0 Å². The number of amides is 1. The molecule has 1 saturated heterocycles. The van der Waals surface area contributed by atoms with E-state index in [1.807, 2.05) is 13.0 Å². The second-order valence-electron chi connectivity index (χ2n) is 9.27. The summed E-state index contributed by atoms with van der Waals surface area (Å²) in [5, 5.41) is -1.14. The minimum absolute atomic E-state index is 0.163. The molecular weight excluding hydrogens is 361 g/mol. The van der Waals surface area contributed by atoms with E-state index in [9.17, 15) is 9.18 Å². The molecular formula is C20H27FNO2Si2. The van der Waals surface area contributed by atoms with Crippen molar-refractivity contribution in [1.82, 2.24) is 5.73 Å². The third-order valence-electron chi connectivity index (χ3n) is 7.39. The number of benzene rings is 1. The summed E-state index contributed by atoms with van der Waals surface area (Å²) in [6.07, 6.45) is 5.28. The molecule has 0 spiro atoms. The van der Waals surface area contributed by atoms with Crippen LogP contribution in [0.25, 0.3) is 6.08 Å². The van der Waals surface area contributed by atoms with Crippen molar-refractivity contribution in [3.05, 3.63) is 40.2 Å². The molecule has 1 amide bonds. The van der Waals surface area contributed by atoms with Crippen molar-refractivity contribution in [3.8, 4) is 0 Å². The highest BCUT2D eigenvalue weighted by atomic mass is 28.4. The zero-order valence-electron chi connectivity index (χ0n) is 16.3. The molecule has 1 saturated carbocycles. The van der Waals surface area contributed by atoms with Crippen LogP contribution in [0.1, 0.15) is 42.9 Å². The van der Waals surface area contributed by atoms with Crippen LogP contribution >= 0.6 is 0 Å². The highest BCUT2D eigenvalue weighted by Gasteiger charge is 2.79. The van der Waals surface area contributed by atoms with Gasteiger partial charge in [-0.1, -0.05) is 24.1 Å². The summed E-state index contributed by atoms with van der Waals surface area (Å²) in [5.74, 6) is -0.620. The standard InChI is InChI=1S/C20H27FNO2Si2/c1-13-11-14-15(12-13)17(21)8-7-16(14)19-9-6-10-20(19,18(22)23)26(4,5)24-25(19,2)3/h7-8,11,22H,6,9-10,12H2,1-5H3. The van der Waals surface area contributed by atoms with Crippen molar-refractivity contribution >= 4 is 28.6 Å². The van der Waals surface area contributed by atoms with Crippen LogP contribution in [0.4, 0.5) is 4.39 Å². The van der Waals surface area contributed by atoms with Gasteiger partial charge < -0.3 is 4.12 Å². The van der Waals surface area contributed by atoms with Crippen LogP contribution in [0.5, 0.6) is 0 Å². The molecule has 1 aliphatic heterocycles. The number of carbonyl (C=O) groups excluding carboxylic acids is 1. The normalized spacial score (nSPS) is 33.7. The molecule has 0 bridgehead atoms. The average molecular weight is 389 g/mol. The summed E-state index contributed by atoms with van der Waals surface area (Å²) in [6.45, 7) is 10.7. The minimum Gasteiger partial charge on any atom is -0.454 e. The number of rotatable bonds is 2. The van der Waals surface area contributed by atoms with E-state index in [1.54, 1.807) is 6.07 Å². The van der Waals surface area contributed by atoms with Gasteiger partial charge in [0.15, 0.2) is 16.6 Å². The smallest absolute Gasteiger partial charge is 0.244 e. The van der Waals surface area contributed by atoms with Crippen LogP contribution in [-0.4, -0.2) is 22.5 Å². The Hall–Kier alpha value is -1.25. The van der Waals surface area contributed by atoms with Gasteiger partial charge in [-0.05, 0) is 75.1 Å². The number of hydrogen-bond donors (Lipinski definition) is 0. The quantitative estimate of drug-likeness (QED) is 0.687. The predicted octanol–water partition coefficient (Wildman–Crippen LogP) is 4.74. The van der Waals surface area contributed by atoms with Crippen LogP contribution in [0.15, 0.2) is 17.7 Å². The van der Waals surface area contributed by atoms with Gasteiger partial charge in [0, 0.05) is 5.04 Å². The lowest BCUT2D eigenvalue weighted by atomic mass is 9.82. The molecule has 1 aromatic carbocycles. The Morgan fingerprint density at radius 1 is 1.19 bits per heavy atom. The predicted molar refractivity (Wildman–Crippen MR) is 106 cm³/mol. The topological polar surface area (TPSA) is 50.1 Å². The molecule has 2 aliphatic carbocycles. The third kappa shape index (κ3) is 1.83. The molecule has 2 unspecified atom stereocenters. The lowest BCUT2D eigenvalue weighted by Gasteiger charge is -2.46. The van der Waals surface area contributed by atoms with Gasteiger partial charge in [-0.3, -0.25) is 10.5 Å². The monoisotopic (exact) mass is 388 g/mol. The summed E-state index contributed by atoms with van der Waals surface area (Å²) in [6, 6.07) is 3.48. The molecule has 4 rings (SSSR count). The molecule has 2 fully saturated rings. The Morgan fingerprint density at radius 2 is 1.88 bits per heavy atom. The Kier molecular flexibility index (Phi) is 3.61. The Labute approximate surface area is 157 Å². The van der Waals surface area contributed by atoms with E-state index in [0.29, 0.717) is 6.42 Å². The van der Waals surface area contributed by atoms with Gasteiger partial charge in [-0.2, -0.15) is 0 Å². The molecule has 1 aromatic rings. The maximum atomic E-state index is 14.5. The molecule has 2 atom stereocenters.